The number of ether oxygens (including phenoxy) is 3. The van der Waals surface area contributed by atoms with Crippen LogP contribution in [-0.4, -0.2) is 83.8 Å². The van der Waals surface area contributed by atoms with Crippen molar-refractivity contribution in [2.45, 2.75) is 136 Å². The van der Waals surface area contributed by atoms with E-state index in [2.05, 4.69) is 16.6 Å². The van der Waals surface area contributed by atoms with E-state index in [1.54, 1.807) is 24.3 Å². The lowest BCUT2D eigenvalue weighted by Crippen LogP contribution is -2.47. The smallest absolute Gasteiger partial charge is 0.240 e. The number of sulfonamides is 1. The van der Waals surface area contributed by atoms with Crippen molar-refractivity contribution in [2.24, 2.45) is 34.5 Å². The van der Waals surface area contributed by atoms with Gasteiger partial charge in [0, 0.05) is 54.8 Å². The molecule has 7 atom stereocenters. The first-order valence-corrected chi connectivity index (χ1v) is 24.2. The molecule has 4 heterocycles. The molecule has 1 unspecified atom stereocenters. The number of amides is 2. The lowest BCUT2D eigenvalue weighted by atomic mass is 9.79. The van der Waals surface area contributed by atoms with Gasteiger partial charge in [-0.05, 0) is 111 Å². The molecular weight excluding hydrogens is 821 g/mol. The largest absolute Gasteiger partial charge is 0.497 e. The van der Waals surface area contributed by atoms with Gasteiger partial charge in [0.05, 0.1) is 42.2 Å². The van der Waals surface area contributed by atoms with Crippen LogP contribution in [0, 0.1) is 34.5 Å². The van der Waals surface area contributed by atoms with Crippen LogP contribution in [0.3, 0.4) is 0 Å². The average Bonchev–Trinajstić information content (AvgIpc) is 4.14. The first kappa shape index (κ1) is 46.2. The third-order valence-electron chi connectivity index (χ3n) is 13.0. The summed E-state index contributed by atoms with van der Waals surface area (Å²) in [5.74, 6) is -0.836. The van der Waals surface area contributed by atoms with Crippen LogP contribution in [0.4, 0.5) is 0 Å². The lowest BCUT2D eigenvalue weighted by Gasteiger charge is -2.32. The topological polar surface area (TPSA) is 171 Å². The number of fused-ring (bicyclic) bond motifs is 3. The number of aromatic nitrogens is 2. The number of Topliss-reactive ketones (excluding diaryl/α,β-unsaturated/α-hetero) is 2. The van der Waals surface area contributed by atoms with E-state index in [1.165, 1.54) is 0 Å². The Morgan fingerprint density at radius 2 is 1.79 bits per heavy atom. The first-order chi connectivity index (χ1) is 29.7. The maximum absolute atomic E-state index is 15.2. The Labute approximate surface area is 372 Å². The van der Waals surface area contributed by atoms with E-state index in [0.29, 0.717) is 60.7 Å². The van der Waals surface area contributed by atoms with Gasteiger partial charge in [-0.25, -0.2) is 18.4 Å². The summed E-state index contributed by atoms with van der Waals surface area (Å²) in [7, 11) is -2.28. The summed E-state index contributed by atoms with van der Waals surface area (Å²) in [6, 6.07) is 10.2. The summed E-state index contributed by atoms with van der Waals surface area (Å²) in [5.41, 5.74) is -0.238. The third-order valence-corrected chi connectivity index (χ3v) is 14.8. The van der Waals surface area contributed by atoms with Crippen LogP contribution in [0.1, 0.15) is 113 Å². The summed E-state index contributed by atoms with van der Waals surface area (Å²) in [5, 5.41) is 0.881. The predicted octanol–water partition coefficient (Wildman–Crippen LogP) is 8.04. The molecular formula is C49H64N4O9S. The van der Waals surface area contributed by atoms with Crippen molar-refractivity contribution < 1.29 is 41.8 Å². The van der Waals surface area contributed by atoms with Crippen molar-refractivity contribution in [1.29, 1.82) is 0 Å². The number of carbonyl (C=O) groups is 4. The number of benzene rings is 1. The second kappa shape index (κ2) is 18.3. The zero-order valence-electron chi connectivity index (χ0n) is 38.0. The standard InChI is InChI=1S/C49H64N4O9S/c1-29(2)61-44-18-13-32(27-50-44)41-21-33-20-36(60-8)14-17-39(33)45(51-41)62-37-23-42-43(55)26-49(47(57)52-63(58,59)38-15-16-38)24-34(49)12-10-9-11-30(3)19-31(4)40(46(56)53(42)28-37)22-35(54)25-48(5,6)7/h10,12-14,17-18,20-21,27,29-31,34,37-38,40,42H,9,11,15-16,19,22-26,28H2,1-8H3,(H,52,57)/b12-10-/t30-,31+,34+,37?,40-,42-,49+/m0/s1. The van der Waals surface area contributed by atoms with Crippen molar-refractivity contribution in [3.63, 3.8) is 0 Å². The number of carbonyl (C=O) groups excluding carboxylic acids is 4. The number of hydrogen-bond acceptors (Lipinski definition) is 11. The molecule has 2 aromatic heterocycles. The minimum absolute atomic E-state index is 0.00871. The highest BCUT2D eigenvalue weighted by molar-refractivity contribution is 7.90. The highest BCUT2D eigenvalue weighted by Crippen LogP contribution is 2.57. The van der Waals surface area contributed by atoms with Crippen molar-refractivity contribution in [3.8, 4) is 28.8 Å². The van der Waals surface area contributed by atoms with Gasteiger partial charge < -0.3 is 19.1 Å². The Morgan fingerprint density at radius 1 is 1.03 bits per heavy atom. The summed E-state index contributed by atoms with van der Waals surface area (Å²) in [4.78, 5) is 68.8. The van der Waals surface area contributed by atoms with Gasteiger partial charge in [0.15, 0.2) is 5.78 Å². The van der Waals surface area contributed by atoms with Crippen molar-refractivity contribution in [1.82, 2.24) is 19.6 Å². The van der Waals surface area contributed by atoms with Crippen LogP contribution in [0.15, 0.2) is 54.7 Å². The summed E-state index contributed by atoms with van der Waals surface area (Å²) in [6.45, 7) is 14.1. The molecule has 2 saturated carbocycles. The van der Waals surface area contributed by atoms with Gasteiger partial charge in [0.2, 0.25) is 33.6 Å². The monoisotopic (exact) mass is 884 g/mol. The predicted molar refractivity (Wildman–Crippen MR) is 241 cm³/mol. The molecule has 1 saturated heterocycles. The number of pyridine rings is 2. The molecule has 0 radical (unpaired) electrons. The number of ketones is 2. The van der Waals surface area contributed by atoms with Crippen molar-refractivity contribution in [3.05, 3.63) is 54.7 Å². The van der Waals surface area contributed by atoms with Gasteiger partial charge in [-0.2, -0.15) is 0 Å². The molecule has 2 aliphatic heterocycles. The summed E-state index contributed by atoms with van der Waals surface area (Å²) in [6.07, 6.45) is 8.75. The molecule has 0 bridgehead atoms. The summed E-state index contributed by atoms with van der Waals surface area (Å²) < 4.78 is 46.6. The molecule has 7 rings (SSSR count). The molecule has 3 fully saturated rings. The minimum Gasteiger partial charge on any atom is -0.497 e. The van der Waals surface area contributed by atoms with Crippen LogP contribution in [0.25, 0.3) is 22.0 Å². The number of nitrogens with zero attached hydrogens (tertiary/aromatic N) is 3. The van der Waals surface area contributed by atoms with Gasteiger partial charge in [-0.15, -0.1) is 0 Å². The molecule has 3 aromatic rings. The molecule has 63 heavy (non-hydrogen) atoms. The van der Waals surface area contributed by atoms with E-state index in [0.717, 1.165) is 23.8 Å². The van der Waals surface area contributed by atoms with E-state index < -0.39 is 44.7 Å². The van der Waals surface area contributed by atoms with Crippen molar-refractivity contribution >= 4 is 44.2 Å². The van der Waals surface area contributed by atoms with Crippen LogP contribution in [-0.2, 0) is 29.2 Å². The van der Waals surface area contributed by atoms with Gasteiger partial charge in [0.1, 0.15) is 17.6 Å². The molecule has 2 amide bonds. The third kappa shape index (κ3) is 10.9. The fourth-order valence-corrected chi connectivity index (χ4v) is 10.8. The number of allylic oxidation sites excluding steroid dienone is 2. The normalized spacial score (nSPS) is 27.5. The Balaban J connectivity index is 1.25. The maximum atomic E-state index is 15.2. The Kier molecular flexibility index (Phi) is 13.4. The van der Waals surface area contributed by atoms with Gasteiger partial charge in [-0.1, -0.05) is 46.8 Å². The number of methoxy groups -OCH3 is 1. The minimum atomic E-state index is -3.88. The van der Waals surface area contributed by atoms with E-state index in [-0.39, 0.29) is 72.6 Å². The zero-order valence-corrected chi connectivity index (χ0v) is 38.8. The lowest BCUT2D eigenvalue weighted by molar-refractivity contribution is -0.145. The number of hydrogen-bond donors (Lipinski definition) is 1. The summed E-state index contributed by atoms with van der Waals surface area (Å²) >= 11 is 0. The molecule has 340 valence electrons. The van der Waals surface area contributed by atoms with E-state index >= 15 is 4.79 Å². The Morgan fingerprint density at radius 3 is 2.46 bits per heavy atom. The molecule has 2 aliphatic carbocycles. The maximum Gasteiger partial charge on any atom is 0.240 e. The average molecular weight is 885 g/mol. The zero-order chi connectivity index (χ0) is 45.4. The molecule has 1 aromatic carbocycles. The fourth-order valence-electron chi connectivity index (χ4n) is 9.46. The highest BCUT2D eigenvalue weighted by atomic mass is 32.2. The molecule has 1 N–H and O–H groups in total. The van der Waals surface area contributed by atoms with E-state index in [1.807, 2.05) is 84.0 Å². The first-order valence-electron chi connectivity index (χ1n) is 22.6. The van der Waals surface area contributed by atoms with Crippen LogP contribution in [0.5, 0.6) is 17.5 Å². The van der Waals surface area contributed by atoms with Crippen LogP contribution >= 0.6 is 0 Å². The van der Waals surface area contributed by atoms with Gasteiger partial charge >= 0.3 is 0 Å². The van der Waals surface area contributed by atoms with Gasteiger partial charge in [0.25, 0.3) is 0 Å². The number of rotatable bonds is 12. The second-order valence-corrected chi connectivity index (χ2v) is 22.1. The molecule has 0 spiro atoms. The number of nitrogens with one attached hydrogen (secondary N) is 1. The molecule has 4 aliphatic rings. The second-order valence-electron chi connectivity index (χ2n) is 20.1. The van der Waals surface area contributed by atoms with Gasteiger partial charge in [-0.3, -0.25) is 23.9 Å². The van der Waals surface area contributed by atoms with Crippen molar-refractivity contribution in [2.75, 3.05) is 13.7 Å². The fraction of sp³-hybridized carbons (Fsp3) is 0.592. The molecule has 14 heteroatoms. The SMILES string of the molecule is COc1ccc2c(OC3C[C@H]4C(=O)C[C@]5(C(=O)NS(=O)(=O)C6CC6)C[C@H]5/C=C\CC[C@H](C)C[C@@H](C)[C@H](CC(=O)CC(C)(C)C)C(=O)N4C3)nc(-c3ccc(OC(C)C)nc3)cc2c1. The Bertz CT molecular complexity index is 2350. The highest BCUT2D eigenvalue weighted by Gasteiger charge is 2.61. The van der Waals surface area contributed by atoms with E-state index in [9.17, 15) is 22.8 Å². The van der Waals surface area contributed by atoms with E-state index in [4.69, 9.17) is 19.2 Å². The van der Waals surface area contributed by atoms with Crippen LogP contribution in [0.2, 0.25) is 0 Å². The molecule has 13 nitrogen and oxygen atoms in total. The quantitative estimate of drug-likeness (QED) is 0.175. The van der Waals surface area contributed by atoms with Crippen LogP contribution < -0.4 is 18.9 Å². The Hall–Kier alpha value is -4.85.